The van der Waals surface area contributed by atoms with Gasteiger partial charge in [-0.25, -0.2) is 13.2 Å². The fraction of sp³-hybridized carbons (Fsp3) is 0.364. The SMILES string of the molecule is CCOC(=O)c1cccc(NC(=O)c2ccc(Cl)c(S(=O)(=O)N3CCCCC3)c2)c1C. The number of esters is 1. The Bertz CT molecular complexity index is 1100. The molecule has 2 aromatic carbocycles. The first-order valence-electron chi connectivity index (χ1n) is 10.1. The van der Waals surface area contributed by atoms with E-state index in [0.717, 1.165) is 19.3 Å². The van der Waals surface area contributed by atoms with Crippen LogP contribution in [0.4, 0.5) is 5.69 Å². The molecule has 0 radical (unpaired) electrons. The van der Waals surface area contributed by atoms with Gasteiger partial charge in [0.05, 0.1) is 17.2 Å². The molecular formula is C22H25ClN2O5S. The van der Waals surface area contributed by atoms with Crippen molar-refractivity contribution in [3.63, 3.8) is 0 Å². The third kappa shape index (κ3) is 5.08. The molecule has 0 saturated carbocycles. The molecule has 9 heteroatoms. The zero-order valence-corrected chi connectivity index (χ0v) is 19.1. The number of amides is 1. The number of ether oxygens (including phenoxy) is 1. The summed E-state index contributed by atoms with van der Waals surface area (Å²) in [6, 6.07) is 9.10. The van der Waals surface area contributed by atoms with E-state index in [2.05, 4.69) is 5.32 Å². The van der Waals surface area contributed by atoms with E-state index in [-0.39, 0.29) is 22.1 Å². The summed E-state index contributed by atoms with van der Waals surface area (Å²) in [7, 11) is -3.79. The average molecular weight is 465 g/mol. The zero-order chi connectivity index (χ0) is 22.6. The molecule has 0 aliphatic carbocycles. The molecule has 0 bridgehead atoms. The molecule has 7 nitrogen and oxygen atoms in total. The van der Waals surface area contributed by atoms with E-state index in [1.807, 2.05) is 0 Å². The first-order valence-corrected chi connectivity index (χ1v) is 11.9. The van der Waals surface area contributed by atoms with Crippen LogP contribution in [-0.2, 0) is 14.8 Å². The highest BCUT2D eigenvalue weighted by molar-refractivity contribution is 7.89. The highest BCUT2D eigenvalue weighted by Crippen LogP contribution is 2.28. The third-order valence-corrected chi connectivity index (χ3v) is 7.58. The number of anilines is 1. The molecule has 0 spiro atoms. The van der Waals surface area contributed by atoms with Gasteiger partial charge < -0.3 is 10.1 Å². The number of halogens is 1. The summed E-state index contributed by atoms with van der Waals surface area (Å²) in [5.74, 6) is -0.978. The lowest BCUT2D eigenvalue weighted by Gasteiger charge is -2.26. The van der Waals surface area contributed by atoms with Gasteiger partial charge in [0.2, 0.25) is 10.0 Å². The highest BCUT2D eigenvalue weighted by Gasteiger charge is 2.29. The first kappa shape index (κ1) is 23.2. The van der Waals surface area contributed by atoms with Gasteiger partial charge in [-0.3, -0.25) is 4.79 Å². The summed E-state index contributed by atoms with van der Waals surface area (Å²) >= 11 is 6.19. The summed E-state index contributed by atoms with van der Waals surface area (Å²) in [4.78, 5) is 24.9. The minimum Gasteiger partial charge on any atom is -0.462 e. The minimum atomic E-state index is -3.79. The van der Waals surface area contributed by atoms with E-state index >= 15 is 0 Å². The zero-order valence-electron chi connectivity index (χ0n) is 17.5. The fourth-order valence-electron chi connectivity index (χ4n) is 3.48. The highest BCUT2D eigenvalue weighted by atomic mass is 35.5. The molecule has 1 aliphatic rings. The van der Waals surface area contributed by atoms with E-state index < -0.39 is 21.9 Å². The Morgan fingerprint density at radius 3 is 2.52 bits per heavy atom. The van der Waals surface area contributed by atoms with Gasteiger partial charge in [-0.1, -0.05) is 24.1 Å². The van der Waals surface area contributed by atoms with Gasteiger partial charge in [-0.2, -0.15) is 4.31 Å². The van der Waals surface area contributed by atoms with Crippen LogP contribution in [-0.4, -0.2) is 44.3 Å². The van der Waals surface area contributed by atoms with Gasteiger partial charge >= 0.3 is 5.97 Å². The normalized spacial score (nSPS) is 14.8. The molecule has 1 fully saturated rings. The van der Waals surface area contributed by atoms with Crippen LogP contribution in [0.15, 0.2) is 41.3 Å². The molecule has 1 saturated heterocycles. The maximum absolute atomic E-state index is 13.0. The molecule has 1 aliphatic heterocycles. The Kier molecular flexibility index (Phi) is 7.35. The number of piperidine rings is 1. The molecule has 2 aromatic rings. The van der Waals surface area contributed by atoms with Gasteiger partial charge in [-0.05, 0) is 62.6 Å². The minimum absolute atomic E-state index is 0.0719. The van der Waals surface area contributed by atoms with Crippen molar-refractivity contribution in [2.45, 2.75) is 38.0 Å². The Labute approximate surface area is 187 Å². The number of nitrogens with zero attached hydrogens (tertiary/aromatic N) is 1. The molecule has 1 heterocycles. The second-order valence-corrected chi connectivity index (χ2v) is 9.58. The second kappa shape index (κ2) is 9.80. The lowest BCUT2D eigenvalue weighted by Crippen LogP contribution is -2.35. The van der Waals surface area contributed by atoms with Gasteiger partial charge in [-0.15, -0.1) is 0 Å². The molecule has 3 rings (SSSR count). The predicted octanol–water partition coefficient (Wildman–Crippen LogP) is 4.25. The average Bonchev–Trinajstić information content (AvgIpc) is 2.76. The largest absolute Gasteiger partial charge is 0.462 e. The number of carbonyl (C=O) groups excluding carboxylic acids is 2. The summed E-state index contributed by atoms with van der Waals surface area (Å²) in [6.45, 7) is 4.54. The van der Waals surface area contributed by atoms with Crippen LogP contribution in [0.1, 0.15) is 52.5 Å². The molecule has 1 N–H and O–H groups in total. The van der Waals surface area contributed by atoms with E-state index in [9.17, 15) is 18.0 Å². The summed E-state index contributed by atoms with van der Waals surface area (Å²) in [5.41, 5.74) is 1.50. The third-order valence-electron chi connectivity index (χ3n) is 5.20. The van der Waals surface area contributed by atoms with Crippen molar-refractivity contribution in [3.8, 4) is 0 Å². The van der Waals surface area contributed by atoms with Crippen molar-refractivity contribution < 1.29 is 22.7 Å². The first-order chi connectivity index (χ1) is 14.8. The van der Waals surface area contributed by atoms with Crippen molar-refractivity contribution in [2.24, 2.45) is 0 Å². The molecule has 31 heavy (non-hydrogen) atoms. The summed E-state index contributed by atoms with van der Waals surface area (Å²) in [5, 5.41) is 2.82. The van der Waals surface area contributed by atoms with Crippen molar-refractivity contribution in [1.29, 1.82) is 0 Å². The van der Waals surface area contributed by atoms with Gasteiger partial charge in [0.25, 0.3) is 5.91 Å². The smallest absolute Gasteiger partial charge is 0.338 e. The van der Waals surface area contributed by atoms with Crippen LogP contribution in [0.25, 0.3) is 0 Å². The monoisotopic (exact) mass is 464 g/mol. The number of sulfonamides is 1. The van der Waals surface area contributed by atoms with Crippen molar-refractivity contribution in [1.82, 2.24) is 4.31 Å². The Hall–Kier alpha value is -2.42. The van der Waals surface area contributed by atoms with Gasteiger partial charge in [0.15, 0.2) is 0 Å². The number of hydrogen-bond acceptors (Lipinski definition) is 5. The molecule has 1 amide bonds. The molecule has 0 aromatic heterocycles. The Balaban J connectivity index is 1.88. The lowest BCUT2D eigenvalue weighted by molar-refractivity contribution is 0.0525. The number of rotatable bonds is 6. The Morgan fingerprint density at radius 1 is 1.13 bits per heavy atom. The van der Waals surface area contributed by atoms with E-state index in [1.165, 1.54) is 22.5 Å². The molecule has 0 unspecified atom stereocenters. The fourth-order valence-corrected chi connectivity index (χ4v) is 5.50. The Morgan fingerprint density at radius 2 is 1.84 bits per heavy atom. The second-order valence-electron chi connectivity index (χ2n) is 7.26. The van der Waals surface area contributed by atoms with Crippen molar-refractivity contribution >= 4 is 39.2 Å². The van der Waals surface area contributed by atoms with Gasteiger partial charge in [0.1, 0.15) is 4.90 Å². The van der Waals surface area contributed by atoms with Crippen molar-refractivity contribution in [2.75, 3.05) is 25.0 Å². The number of carbonyl (C=O) groups is 2. The van der Waals surface area contributed by atoms with Crippen LogP contribution in [0.5, 0.6) is 0 Å². The van der Waals surface area contributed by atoms with E-state index in [0.29, 0.717) is 29.9 Å². The topological polar surface area (TPSA) is 92.8 Å². The van der Waals surface area contributed by atoms with Gasteiger partial charge in [0, 0.05) is 24.3 Å². The summed E-state index contributed by atoms with van der Waals surface area (Å²) in [6.07, 6.45) is 2.59. The predicted molar refractivity (Wildman–Crippen MR) is 119 cm³/mol. The van der Waals surface area contributed by atoms with Crippen LogP contribution in [0, 0.1) is 6.92 Å². The molecular weight excluding hydrogens is 440 g/mol. The number of hydrogen-bond donors (Lipinski definition) is 1. The van der Waals surface area contributed by atoms with Crippen LogP contribution < -0.4 is 5.32 Å². The summed E-state index contributed by atoms with van der Waals surface area (Å²) < 4.78 is 32.5. The van der Waals surface area contributed by atoms with E-state index in [4.69, 9.17) is 16.3 Å². The number of benzene rings is 2. The van der Waals surface area contributed by atoms with Crippen molar-refractivity contribution in [3.05, 3.63) is 58.1 Å². The number of nitrogens with one attached hydrogen (secondary N) is 1. The van der Waals surface area contributed by atoms with Crippen LogP contribution in [0.2, 0.25) is 5.02 Å². The quantitative estimate of drug-likeness (QED) is 0.645. The van der Waals surface area contributed by atoms with Crippen LogP contribution in [0.3, 0.4) is 0 Å². The lowest BCUT2D eigenvalue weighted by atomic mass is 10.1. The standard InChI is InChI=1S/C22H25ClN2O5S/c1-3-30-22(27)17-8-7-9-19(15(17)2)24-21(26)16-10-11-18(23)20(14-16)31(28,29)25-12-5-4-6-13-25/h7-11,14H,3-6,12-13H2,1-2H3,(H,24,26). The van der Waals surface area contributed by atoms with Crippen LogP contribution >= 0.6 is 11.6 Å². The van der Waals surface area contributed by atoms with E-state index in [1.54, 1.807) is 32.0 Å². The maximum atomic E-state index is 13.0. The molecule has 166 valence electrons. The maximum Gasteiger partial charge on any atom is 0.338 e. The molecule has 0 atom stereocenters.